The number of aliphatic hydroxyl groups is 1. The summed E-state index contributed by atoms with van der Waals surface area (Å²) in [6, 6.07) is 7.95. The Bertz CT molecular complexity index is 834. The number of fused-ring (bicyclic) bond motifs is 3. The maximum atomic E-state index is 10.2. The monoisotopic (exact) mass is 345 g/mol. The molecule has 1 atom stereocenters. The quantitative estimate of drug-likeness (QED) is 0.674. The molecule has 3 heterocycles. The van der Waals surface area contributed by atoms with Gasteiger partial charge < -0.3 is 14.8 Å². The summed E-state index contributed by atoms with van der Waals surface area (Å²) in [4.78, 5) is 10.00. The molecule has 8 heteroatoms. The van der Waals surface area contributed by atoms with Gasteiger partial charge in [0.15, 0.2) is 5.65 Å². The molecule has 0 aliphatic carbocycles. The predicted molar refractivity (Wildman–Crippen MR) is 93.2 cm³/mol. The summed E-state index contributed by atoms with van der Waals surface area (Å²) in [5, 5.41) is 20.3. The van der Waals surface area contributed by atoms with Crippen LogP contribution in [0, 0.1) is 0 Å². The van der Waals surface area contributed by atoms with E-state index < -0.39 is 6.10 Å². The first-order chi connectivity index (χ1) is 11.8. The van der Waals surface area contributed by atoms with Crippen LogP contribution in [0.25, 0.3) is 22.1 Å². The SMILES string of the molecule is O[C@H](CSc1nnc2c(n1)[nH]c1ccccc12)CN1CCOCC1. The summed E-state index contributed by atoms with van der Waals surface area (Å²) in [5.41, 5.74) is 2.52. The molecule has 1 saturated heterocycles. The second-order valence-electron chi connectivity index (χ2n) is 5.84. The van der Waals surface area contributed by atoms with Crippen LogP contribution < -0.4 is 0 Å². The van der Waals surface area contributed by atoms with Crippen LogP contribution in [0.2, 0.25) is 0 Å². The van der Waals surface area contributed by atoms with Crippen LogP contribution in [0.4, 0.5) is 0 Å². The lowest BCUT2D eigenvalue weighted by Crippen LogP contribution is -2.41. The smallest absolute Gasteiger partial charge is 0.211 e. The highest BCUT2D eigenvalue weighted by molar-refractivity contribution is 7.99. The van der Waals surface area contributed by atoms with E-state index in [0.29, 0.717) is 17.5 Å². The summed E-state index contributed by atoms with van der Waals surface area (Å²) in [6.45, 7) is 3.88. The number of H-pyrrole nitrogens is 1. The number of benzene rings is 1. The van der Waals surface area contributed by atoms with Gasteiger partial charge in [-0.2, -0.15) is 0 Å². The number of aliphatic hydroxyl groups excluding tert-OH is 1. The highest BCUT2D eigenvalue weighted by Crippen LogP contribution is 2.23. The van der Waals surface area contributed by atoms with Crippen LogP contribution in [0.3, 0.4) is 0 Å². The lowest BCUT2D eigenvalue weighted by atomic mass is 10.2. The molecule has 0 saturated carbocycles. The third-order valence-electron chi connectivity index (χ3n) is 4.08. The molecule has 0 spiro atoms. The van der Waals surface area contributed by atoms with Crippen molar-refractivity contribution in [3.63, 3.8) is 0 Å². The molecule has 0 unspecified atom stereocenters. The van der Waals surface area contributed by atoms with Gasteiger partial charge in [-0.3, -0.25) is 4.90 Å². The molecule has 0 radical (unpaired) electrons. The van der Waals surface area contributed by atoms with Crippen molar-refractivity contribution in [2.24, 2.45) is 0 Å². The fourth-order valence-electron chi connectivity index (χ4n) is 2.87. The second-order valence-corrected chi connectivity index (χ2v) is 6.83. The minimum atomic E-state index is -0.421. The van der Waals surface area contributed by atoms with E-state index in [9.17, 15) is 5.11 Å². The Morgan fingerprint density at radius 2 is 2.08 bits per heavy atom. The summed E-state index contributed by atoms with van der Waals surface area (Å²) in [5.74, 6) is 0.546. The minimum Gasteiger partial charge on any atom is -0.391 e. The molecule has 1 aromatic carbocycles. The molecular formula is C16H19N5O2S. The zero-order chi connectivity index (χ0) is 16.4. The van der Waals surface area contributed by atoms with Crippen LogP contribution in [0.5, 0.6) is 0 Å². The Morgan fingerprint density at radius 1 is 1.25 bits per heavy atom. The molecule has 2 N–H and O–H groups in total. The van der Waals surface area contributed by atoms with Crippen molar-refractivity contribution >= 4 is 33.8 Å². The fourth-order valence-corrected chi connectivity index (χ4v) is 3.57. The van der Waals surface area contributed by atoms with Gasteiger partial charge in [0.25, 0.3) is 0 Å². The summed E-state index contributed by atoms with van der Waals surface area (Å²) in [6.07, 6.45) is -0.421. The van der Waals surface area contributed by atoms with Gasteiger partial charge in [0, 0.05) is 36.3 Å². The highest BCUT2D eigenvalue weighted by atomic mass is 32.2. The Labute approximate surface area is 143 Å². The van der Waals surface area contributed by atoms with Crippen molar-refractivity contribution in [1.82, 2.24) is 25.1 Å². The molecule has 0 amide bonds. The van der Waals surface area contributed by atoms with E-state index in [1.54, 1.807) is 0 Å². The van der Waals surface area contributed by atoms with Crippen molar-refractivity contribution < 1.29 is 9.84 Å². The zero-order valence-corrected chi connectivity index (χ0v) is 14.0. The number of aromatic amines is 1. The molecule has 7 nitrogen and oxygen atoms in total. The number of β-amino-alcohol motifs (C(OH)–C–C–N with tert-alkyl or cyclic N) is 1. The molecular weight excluding hydrogens is 326 g/mol. The van der Waals surface area contributed by atoms with Gasteiger partial charge in [-0.25, -0.2) is 4.98 Å². The van der Waals surface area contributed by atoms with Gasteiger partial charge in [-0.1, -0.05) is 30.0 Å². The van der Waals surface area contributed by atoms with Crippen molar-refractivity contribution in [3.8, 4) is 0 Å². The third kappa shape index (κ3) is 3.36. The molecule has 1 aliphatic heterocycles. The van der Waals surface area contributed by atoms with Crippen molar-refractivity contribution in [2.45, 2.75) is 11.3 Å². The van der Waals surface area contributed by atoms with E-state index in [2.05, 4.69) is 25.1 Å². The van der Waals surface area contributed by atoms with Crippen molar-refractivity contribution in [3.05, 3.63) is 24.3 Å². The van der Waals surface area contributed by atoms with Crippen LogP contribution >= 0.6 is 11.8 Å². The predicted octanol–water partition coefficient (Wildman–Crippen LogP) is 1.29. The normalized spacial score (nSPS) is 17.5. The van der Waals surface area contributed by atoms with E-state index in [-0.39, 0.29) is 0 Å². The molecule has 2 aromatic heterocycles. The maximum Gasteiger partial charge on any atom is 0.211 e. The van der Waals surface area contributed by atoms with Gasteiger partial charge in [0.1, 0.15) is 5.52 Å². The number of thioether (sulfide) groups is 1. The van der Waals surface area contributed by atoms with E-state index >= 15 is 0 Å². The van der Waals surface area contributed by atoms with Crippen LogP contribution in [-0.4, -0.2) is 74.9 Å². The third-order valence-corrected chi connectivity index (χ3v) is 5.06. The fraction of sp³-hybridized carbons (Fsp3) is 0.438. The number of rotatable bonds is 5. The van der Waals surface area contributed by atoms with Crippen LogP contribution in [-0.2, 0) is 4.74 Å². The number of ether oxygens (including phenoxy) is 1. The molecule has 0 bridgehead atoms. The summed E-state index contributed by atoms with van der Waals surface area (Å²) in [7, 11) is 0. The molecule has 126 valence electrons. The van der Waals surface area contributed by atoms with E-state index in [1.807, 2.05) is 24.3 Å². The second kappa shape index (κ2) is 7.02. The average Bonchev–Trinajstić information content (AvgIpc) is 2.98. The number of nitrogens with zero attached hydrogens (tertiary/aromatic N) is 4. The first kappa shape index (κ1) is 15.8. The Kier molecular flexibility index (Phi) is 4.61. The molecule has 1 fully saturated rings. The van der Waals surface area contributed by atoms with Crippen LogP contribution in [0.15, 0.2) is 29.4 Å². The number of hydrogen-bond acceptors (Lipinski definition) is 7. The first-order valence-corrected chi connectivity index (χ1v) is 9.00. The molecule has 1 aliphatic rings. The summed E-state index contributed by atoms with van der Waals surface area (Å²) < 4.78 is 5.32. The lowest BCUT2D eigenvalue weighted by Gasteiger charge is -2.28. The van der Waals surface area contributed by atoms with E-state index in [4.69, 9.17) is 4.74 Å². The van der Waals surface area contributed by atoms with Gasteiger partial charge in [-0.05, 0) is 6.07 Å². The van der Waals surface area contributed by atoms with E-state index in [0.717, 1.165) is 48.4 Å². The first-order valence-electron chi connectivity index (χ1n) is 8.02. The lowest BCUT2D eigenvalue weighted by molar-refractivity contribution is 0.0188. The number of aromatic nitrogens is 4. The molecule has 24 heavy (non-hydrogen) atoms. The largest absolute Gasteiger partial charge is 0.391 e. The zero-order valence-electron chi connectivity index (χ0n) is 13.2. The summed E-state index contributed by atoms with van der Waals surface area (Å²) >= 11 is 1.43. The Morgan fingerprint density at radius 3 is 2.96 bits per heavy atom. The number of nitrogens with one attached hydrogen (secondary N) is 1. The van der Waals surface area contributed by atoms with Crippen LogP contribution in [0.1, 0.15) is 0 Å². The number of hydrogen-bond donors (Lipinski definition) is 2. The number of para-hydroxylation sites is 1. The molecule has 4 rings (SSSR count). The Hall–Kier alpha value is -1.74. The highest BCUT2D eigenvalue weighted by Gasteiger charge is 2.16. The van der Waals surface area contributed by atoms with Gasteiger partial charge >= 0.3 is 0 Å². The Balaban J connectivity index is 1.41. The maximum absolute atomic E-state index is 10.2. The average molecular weight is 345 g/mol. The number of morpholine rings is 1. The van der Waals surface area contributed by atoms with Gasteiger partial charge in [-0.15, -0.1) is 10.2 Å². The standard InChI is InChI=1S/C16H19N5O2S/c22-11(9-21-5-7-23-8-6-21)10-24-16-18-15-14(19-20-16)12-3-1-2-4-13(12)17-15/h1-4,11,22H,5-10H2,(H,17,18,20)/t11-/m0/s1. The minimum absolute atomic E-state index is 0.421. The van der Waals surface area contributed by atoms with Gasteiger partial charge in [0.05, 0.1) is 19.3 Å². The van der Waals surface area contributed by atoms with Gasteiger partial charge in [0.2, 0.25) is 5.16 Å². The van der Waals surface area contributed by atoms with Crippen molar-refractivity contribution in [2.75, 3.05) is 38.6 Å². The topological polar surface area (TPSA) is 87.2 Å². The van der Waals surface area contributed by atoms with E-state index in [1.165, 1.54) is 11.8 Å². The van der Waals surface area contributed by atoms with Crippen molar-refractivity contribution in [1.29, 1.82) is 0 Å². The molecule has 3 aromatic rings.